The molecule has 1 aromatic carbocycles. The average Bonchev–Trinajstić information content (AvgIpc) is 2.91. The predicted octanol–water partition coefficient (Wildman–Crippen LogP) is 0.396. The van der Waals surface area contributed by atoms with Gasteiger partial charge < -0.3 is 37.6 Å². The lowest BCUT2D eigenvalue weighted by Gasteiger charge is -2.28. The third kappa shape index (κ3) is 10.6. The van der Waals surface area contributed by atoms with Crippen LogP contribution in [0.2, 0.25) is 0 Å². The van der Waals surface area contributed by atoms with Crippen molar-refractivity contribution >= 4 is 23.5 Å². The molecule has 0 aromatic heterocycles. The Morgan fingerprint density at radius 2 is 1.62 bits per heavy atom. The van der Waals surface area contributed by atoms with Crippen LogP contribution in [0.1, 0.15) is 70.8 Å². The van der Waals surface area contributed by atoms with Crippen LogP contribution >= 0.6 is 0 Å². The summed E-state index contributed by atoms with van der Waals surface area (Å²) < 4.78 is 0. The number of carbonyl (C=O) groups is 4. The zero-order chi connectivity index (χ0) is 28.9. The van der Waals surface area contributed by atoms with E-state index in [1.807, 2.05) is 0 Å². The van der Waals surface area contributed by atoms with Gasteiger partial charge in [-0.3, -0.25) is 19.2 Å². The number of carbonyl (C=O) groups excluding carboxylic acids is 4. The van der Waals surface area contributed by atoms with Crippen LogP contribution < -0.4 is 27.4 Å². The molecular weight excluding hydrogens is 502 g/mol. The van der Waals surface area contributed by atoms with Crippen LogP contribution in [0.4, 0.5) is 0 Å². The van der Waals surface area contributed by atoms with Crippen molar-refractivity contribution in [2.24, 2.45) is 17.4 Å². The van der Waals surface area contributed by atoms with Crippen molar-refractivity contribution in [3.63, 3.8) is 0 Å². The van der Waals surface area contributed by atoms with Crippen molar-refractivity contribution < 1.29 is 29.4 Å². The molecule has 1 fully saturated rings. The van der Waals surface area contributed by atoms with Gasteiger partial charge in [-0.25, -0.2) is 0 Å². The summed E-state index contributed by atoms with van der Waals surface area (Å²) in [7, 11) is 0. The molecule has 11 nitrogen and oxygen atoms in total. The normalized spacial score (nSPS) is 17.8. The topological polar surface area (TPSA) is 197 Å². The van der Waals surface area contributed by atoms with E-state index in [0.29, 0.717) is 5.56 Å². The number of aliphatic hydroxyl groups excluding tert-OH is 1. The Labute approximate surface area is 230 Å². The lowest BCUT2D eigenvalue weighted by atomic mass is 9.83. The van der Waals surface area contributed by atoms with E-state index in [0.717, 1.165) is 25.7 Å². The third-order valence-electron chi connectivity index (χ3n) is 7.28. The highest BCUT2D eigenvalue weighted by Gasteiger charge is 2.32. The summed E-state index contributed by atoms with van der Waals surface area (Å²) in [5.41, 5.74) is 12.6. The Morgan fingerprint density at radius 1 is 0.974 bits per heavy atom. The van der Waals surface area contributed by atoms with Crippen LogP contribution in [0, 0.1) is 5.92 Å². The molecule has 0 bridgehead atoms. The molecule has 0 heterocycles. The van der Waals surface area contributed by atoms with E-state index in [-0.39, 0.29) is 61.6 Å². The van der Waals surface area contributed by atoms with Crippen molar-refractivity contribution in [2.45, 2.75) is 102 Å². The van der Waals surface area contributed by atoms with Gasteiger partial charge in [0.05, 0.1) is 12.1 Å². The maximum atomic E-state index is 13.4. The molecule has 1 saturated carbocycles. The first-order valence-corrected chi connectivity index (χ1v) is 13.9. The molecule has 2 unspecified atom stereocenters. The largest absolute Gasteiger partial charge is 0.508 e. The maximum Gasteiger partial charge on any atom is 0.245 e. The predicted molar refractivity (Wildman–Crippen MR) is 147 cm³/mol. The Bertz CT molecular complexity index is 948. The van der Waals surface area contributed by atoms with Crippen molar-refractivity contribution in [3.8, 4) is 5.75 Å². The minimum absolute atomic E-state index is 0.0572. The van der Waals surface area contributed by atoms with Crippen LogP contribution in [-0.4, -0.2) is 70.5 Å². The van der Waals surface area contributed by atoms with E-state index >= 15 is 0 Å². The third-order valence-corrected chi connectivity index (χ3v) is 7.28. The lowest BCUT2D eigenvalue weighted by molar-refractivity contribution is -0.135. The number of Topliss-reactive ketones (excluding diaryl/α,β-unsaturated/α-hetero) is 1. The van der Waals surface area contributed by atoms with Gasteiger partial charge in [-0.2, -0.15) is 0 Å². The van der Waals surface area contributed by atoms with E-state index in [4.69, 9.17) is 11.5 Å². The first-order chi connectivity index (χ1) is 18.5. The molecule has 0 aliphatic heterocycles. The highest BCUT2D eigenvalue weighted by atomic mass is 16.3. The molecule has 1 aliphatic carbocycles. The molecule has 2 rings (SSSR count). The van der Waals surface area contributed by atoms with Crippen molar-refractivity contribution in [1.29, 1.82) is 0 Å². The van der Waals surface area contributed by atoms with Gasteiger partial charge in [-0.15, -0.1) is 0 Å². The fraction of sp³-hybridized carbons (Fsp3) is 0.643. The van der Waals surface area contributed by atoms with E-state index in [2.05, 4.69) is 16.0 Å². The number of hydrogen-bond acceptors (Lipinski definition) is 8. The summed E-state index contributed by atoms with van der Waals surface area (Å²) in [5, 5.41) is 27.8. The Hall–Kier alpha value is -3.02. The molecular formula is C28H45N5O6. The van der Waals surface area contributed by atoms with Gasteiger partial charge in [0.15, 0.2) is 5.78 Å². The smallest absolute Gasteiger partial charge is 0.245 e. The minimum Gasteiger partial charge on any atom is -0.508 e. The molecule has 5 atom stereocenters. The van der Waals surface area contributed by atoms with Gasteiger partial charge in [0.1, 0.15) is 17.8 Å². The van der Waals surface area contributed by atoms with E-state index in [9.17, 15) is 29.4 Å². The maximum absolute atomic E-state index is 13.4. The fourth-order valence-corrected chi connectivity index (χ4v) is 4.92. The first-order valence-electron chi connectivity index (χ1n) is 13.9. The lowest BCUT2D eigenvalue weighted by Crippen LogP contribution is -2.59. The molecule has 1 aliphatic rings. The Balaban J connectivity index is 2.16. The second-order valence-electron chi connectivity index (χ2n) is 10.4. The SMILES string of the molecule is CCC(=O)[C@H](CCN)NC(=O)[C@@H](NC(=O)[C@H](Cc1ccc(O)cc1)NC(=O)CC(N)C1CCCCC1)C(C)O. The number of phenols is 1. The van der Waals surface area contributed by atoms with Gasteiger partial charge >= 0.3 is 0 Å². The number of nitrogens with two attached hydrogens (primary N) is 2. The molecule has 0 radical (unpaired) electrons. The number of hydrogen-bond donors (Lipinski definition) is 7. The minimum atomic E-state index is -1.37. The number of benzene rings is 1. The van der Waals surface area contributed by atoms with Crippen molar-refractivity contribution in [2.75, 3.05) is 6.54 Å². The quantitative estimate of drug-likeness (QED) is 0.164. The van der Waals surface area contributed by atoms with Gasteiger partial charge in [0, 0.05) is 25.3 Å². The second kappa shape index (κ2) is 16.2. The molecule has 39 heavy (non-hydrogen) atoms. The van der Waals surface area contributed by atoms with Crippen LogP contribution in [0.3, 0.4) is 0 Å². The number of aromatic hydroxyl groups is 1. The standard InChI is InChI=1S/C28H45N5O6/c1-3-24(36)22(13-14-29)32-28(39)26(17(2)34)33-27(38)23(15-18-9-11-20(35)12-10-18)31-25(37)16-21(30)19-7-5-4-6-8-19/h9-12,17,19,21-23,26,34-35H,3-8,13-16,29-30H2,1-2H3,(H,31,37)(H,32,39)(H,33,38)/t17?,21?,22-,23-,26-/m0/s1. The first kappa shape index (κ1) is 32.2. The van der Waals surface area contributed by atoms with E-state index in [1.54, 1.807) is 19.1 Å². The highest BCUT2D eigenvalue weighted by molar-refractivity contribution is 5.95. The van der Waals surface area contributed by atoms with E-state index < -0.39 is 36.0 Å². The van der Waals surface area contributed by atoms with Crippen LogP contribution in [0.5, 0.6) is 5.75 Å². The second-order valence-corrected chi connectivity index (χ2v) is 10.4. The van der Waals surface area contributed by atoms with Crippen LogP contribution in [-0.2, 0) is 25.6 Å². The molecule has 0 saturated heterocycles. The zero-order valence-electron chi connectivity index (χ0n) is 23.0. The Kier molecular flexibility index (Phi) is 13.3. The summed E-state index contributed by atoms with van der Waals surface area (Å²) in [6.45, 7) is 3.19. The number of rotatable bonds is 15. The van der Waals surface area contributed by atoms with Crippen molar-refractivity contribution in [1.82, 2.24) is 16.0 Å². The molecule has 1 aromatic rings. The van der Waals surface area contributed by atoms with E-state index in [1.165, 1.54) is 25.5 Å². The van der Waals surface area contributed by atoms with Crippen molar-refractivity contribution in [3.05, 3.63) is 29.8 Å². The molecule has 218 valence electrons. The summed E-state index contributed by atoms with van der Waals surface area (Å²) in [6, 6.07) is 2.59. The monoisotopic (exact) mass is 547 g/mol. The van der Waals surface area contributed by atoms with Gasteiger partial charge in [0.25, 0.3) is 0 Å². The average molecular weight is 548 g/mol. The number of ketones is 1. The zero-order valence-corrected chi connectivity index (χ0v) is 23.0. The summed E-state index contributed by atoms with van der Waals surface area (Å²) in [5.74, 6) is -1.70. The summed E-state index contributed by atoms with van der Waals surface area (Å²) in [4.78, 5) is 51.5. The number of amides is 3. The summed E-state index contributed by atoms with van der Waals surface area (Å²) in [6.07, 6.45) is 4.57. The number of aliphatic hydroxyl groups is 1. The molecule has 11 heteroatoms. The van der Waals surface area contributed by atoms with Gasteiger partial charge in [-0.05, 0) is 56.3 Å². The van der Waals surface area contributed by atoms with Crippen LogP contribution in [0.25, 0.3) is 0 Å². The number of phenolic OH excluding ortho intramolecular Hbond substituents is 1. The van der Waals surface area contributed by atoms with Gasteiger partial charge in [0.2, 0.25) is 17.7 Å². The Morgan fingerprint density at radius 3 is 2.18 bits per heavy atom. The number of nitrogens with one attached hydrogen (secondary N) is 3. The fourth-order valence-electron chi connectivity index (χ4n) is 4.92. The molecule has 0 spiro atoms. The highest BCUT2D eigenvalue weighted by Crippen LogP contribution is 2.26. The molecule has 3 amide bonds. The van der Waals surface area contributed by atoms with Crippen LogP contribution in [0.15, 0.2) is 24.3 Å². The molecule has 9 N–H and O–H groups in total. The van der Waals surface area contributed by atoms with Gasteiger partial charge in [-0.1, -0.05) is 38.3 Å². The summed E-state index contributed by atoms with van der Waals surface area (Å²) >= 11 is 0.